The van der Waals surface area contributed by atoms with Gasteiger partial charge in [0, 0.05) is 12.2 Å². The molecule has 13 heavy (non-hydrogen) atoms. The van der Waals surface area contributed by atoms with Gasteiger partial charge in [0.25, 0.3) is 0 Å². The van der Waals surface area contributed by atoms with E-state index in [0.29, 0.717) is 18.7 Å². The standard InChI is InChI=1S/C8H9F3N2/c9-8(10,11)7-3-5-1-2-12-4-6(5)13-7/h3,12-13H,1-2,4H2. The number of aromatic amines is 1. The zero-order valence-electron chi connectivity index (χ0n) is 6.83. The second-order valence-corrected chi connectivity index (χ2v) is 3.11. The van der Waals surface area contributed by atoms with Crippen molar-refractivity contribution in [3.05, 3.63) is 23.0 Å². The van der Waals surface area contributed by atoms with Gasteiger partial charge in [0.2, 0.25) is 0 Å². The van der Waals surface area contributed by atoms with E-state index in [0.717, 1.165) is 12.1 Å². The smallest absolute Gasteiger partial charge is 0.354 e. The van der Waals surface area contributed by atoms with Crippen LogP contribution in [0.5, 0.6) is 0 Å². The predicted molar refractivity (Wildman–Crippen MR) is 41.2 cm³/mol. The Morgan fingerprint density at radius 2 is 2.08 bits per heavy atom. The molecule has 0 saturated carbocycles. The van der Waals surface area contributed by atoms with Crippen molar-refractivity contribution in [2.75, 3.05) is 6.54 Å². The molecule has 2 N–H and O–H groups in total. The molecule has 1 aromatic rings. The number of hydrogen-bond donors (Lipinski definition) is 2. The van der Waals surface area contributed by atoms with E-state index >= 15 is 0 Å². The summed E-state index contributed by atoms with van der Waals surface area (Å²) >= 11 is 0. The molecule has 2 heterocycles. The Kier molecular flexibility index (Phi) is 1.83. The summed E-state index contributed by atoms with van der Waals surface area (Å²) in [5.74, 6) is 0. The third-order valence-electron chi connectivity index (χ3n) is 2.17. The van der Waals surface area contributed by atoms with Gasteiger partial charge in [0.05, 0.1) is 0 Å². The Balaban J connectivity index is 2.36. The Morgan fingerprint density at radius 1 is 1.31 bits per heavy atom. The first-order valence-corrected chi connectivity index (χ1v) is 4.06. The van der Waals surface area contributed by atoms with E-state index < -0.39 is 11.9 Å². The average molecular weight is 190 g/mol. The van der Waals surface area contributed by atoms with E-state index in [1.54, 1.807) is 0 Å². The van der Waals surface area contributed by atoms with Gasteiger partial charge < -0.3 is 10.3 Å². The fraction of sp³-hybridized carbons (Fsp3) is 0.500. The molecule has 0 spiro atoms. The minimum absolute atomic E-state index is 0.505. The lowest BCUT2D eigenvalue weighted by atomic mass is 10.1. The van der Waals surface area contributed by atoms with Crippen LogP contribution < -0.4 is 5.32 Å². The van der Waals surface area contributed by atoms with Gasteiger partial charge in [0.15, 0.2) is 0 Å². The Hall–Kier alpha value is -0.970. The highest BCUT2D eigenvalue weighted by Crippen LogP contribution is 2.30. The largest absolute Gasteiger partial charge is 0.431 e. The van der Waals surface area contributed by atoms with E-state index in [1.165, 1.54) is 6.07 Å². The third-order valence-corrected chi connectivity index (χ3v) is 2.17. The SMILES string of the molecule is FC(F)(F)c1cc2c([nH]1)CNCC2. The van der Waals surface area contributed by atoms with Gasteiger partial charge in [-0.3, -0.25) is 0 Å². The lowest BCUT2D eigenvalue weighted by Crippen LogP contribution is -2.22. The Bertz CT molecular complexity index is 290. The normalized spacial score (nSPS) is 17.2. The lowest BCUT2D eigenvalue weighted by molar-refractivity contribution is -0.140. The molecule has 0 saturated heterocycles. The minimum Gasteiger partial charge on any atom is -0.354 e. The predicted octanol–water partition coefficient (Wildman–Crippen LogP) is 1.68. The zero-order valence-corrected chi connectivity index (χ0v) is 6.83. The molecule has 0 amide bonds. The maximum atomic E-state index is 12.2. The fourth-order valence-corrected chi connectivity index (χ4v) is 1.51. The monoisotopic (exact) mass is 190 g/mol. The van der Waals surface area contributed by atoms with Crippen molar-refractivity contribution in [1.29, 1.82) is 0 Å². The highest BCUT2D eigenvalue weighted by atomic mass is 19.4. The number of fused-ring (bicyclic) bond motifs is 1. The average Bonchev–Trinajstić information content (AvgIpc) is 2.45. The van der Waals surface area contributed by atoms with Gasteiger partial charge in [-0.15, -0.1) is 0 Å². The topological polar surface area (TPSA) is 27.8 Å². The van der Waals surface area contributed by atoms with Gasteiger partial charge in [0.1, 0.15) is 5.69 Å². The summed E-state index contributed by atoms with van der Waals surface area (Å²) in [4.78, 5) is 2.39. The van der Waals surface area contributed by atoms with Gasteiger partial charge in [-0.05, 0) is 24.6 Å². The van der Waals surface area contributed by atoms with Crippen LogP contribution in [0.3, 0.4) is 0 Å². The van der Waals surface area contributed by atoms with E-state index in [2.05, 4.69) is 10.3 Å². The molecule has 2 rings (SSSR count). The summed E-state index contributed by atoms with van der Waals surface area (Å²) in [5.41, 5.74) is 0.811. The molecule has 0 fully saturated rings. The first-order valence-electron chi connectivity index (χ1n) is 4.06. The van der Waals surface area contributed by atoms with Gasteiger partial charge >= 0.3 is 6.18 Å². The first kappa shape index (κ1) is 8.62. The van der Waals surface area contributed by atoms with Gasteiger partial charge in [-0.1, -0.05) is 0 Å². The second kappa shape index (κ2) is 2.77. The van der Waals surface area contributed by atoms with Crippen molar-refractivity contribution in [3.63, 3.8) is 0 Å². The van der Waals surface area contributed by atoms with Crippen molar-refractivity contribution in [2.24, 2.45) is 0 Å². The van der Waals surface area contributed by atoms with Crippen LogP contribution in [0.15, 0.2) is 6.07 Å². The van der Waals surface area contributed by atoms with E-state index in [1.807, 2.05) is 0 Å². The molecule has 1 aromatic heterocycles. The molecule has 0 radical (unpaired) electrons. The second-order valence-electron chi connectivity index (χ2n) is 3.11. The number of hydrogen-bond acceptors (Lipinski definition) is 1. The van der Waals surface area contributed by atoms with Crippen molar-refractivity contribution < 1.29 is 13.2 Å². The van der Waals surface area contributed by atoms with Crippen LogP contribution >= 0.6 is 0 Å². The molecule has 2 nitrogen and oxygen atoms in total. The van der Waals surface area contributed by atoms with Crippen molar-refractivity contribution in [2.45, 2.75) is 19.1 Å². The van der Waals surface area contributed by atoms with Crippen LogP contribution in [-0.2, 0) is 19.1 Å². The van der Waals surface area contributed by atoms with Crippen LogP contribution in [0.2, 0.25) is 0 Å². The zero-order chi connectivity index (χ0) is 9.47. The van der Waals surface area contributed by atoms with Crippen LogP contribution in [0, 0.1) is 0 Å². The molecule has 5 heteroatoms. The Morgan fingerprint density at radius 3 is 2.69 bits per heavy atom. The molecule has 0 atom stereocenters. The maximum Gasteiger partial charge on any atom is 0.431 e. The molecule has 0 bridgehead atoms. The summed E-state index contributed by atoms with van der Waals surface area (Å²) in [6.45, 7) is 1.26. The molecule has 0 aromatic carbocycles. The van der Waals surface area contributed by atoms with Crippen molar-refractivity contribution in [1.82, 2.24) is 10.3 Å². The molecule has 72 valence electrons. The molecule has 0 unspecified atom stereocenters. The summed E-state index contributed by atoms with van der Waals surface area (Å²) in [7, 11) is 0. The quantitative estimate of drug-likeness (QED) is 0.640. The summed E-state index contributed by atoms with van der Waals surface area (Å²) in [6, 6.07) is 1.20. The number of alkyl halides is 3. The van der Waals surface area contributed by atoms with E-state index in [4.69, 9.17) is 0 Å². The van der Waals surface area contributed by atoms with E-state index in [9.17, 15) is 13.2 Å². The summed E-state index contributed by atoms with van der Waals surface area (Å²) in [6.07, 6.45) is -3.58. The molecular weight excluding hydrogens is 181 g/mol. The summed E-state index contributed by atoms with van der Waals surface area (Å²) < 4.78 is 36.7. The number of nitrogens with one attached hydrogen (secondary N) is 2. The van der Waals surface area contributed by atoms with Crippen molar-refractivity contribution >= 4 is 0 Å². The van der Waals surface area contributed by atoms with Crippen LogP contribution in [0.4, 0.5) is 13.2 Å². The highest BCUT2D eigenvalue weighted by Gasteiger charge is 2.33. The van der Waals surface area contributed by atoms with Gasteiger partial charge in [-0.25, -0.2) is 0 Å². The summed E-state index contributed by atoms with van der Waals surface area (Å²) in [5, 5.41) is 3.01. The van der Waals surface area contributed by atoms with Crippen LogP contribution in [-0.4, -0.2) is 11.5 Å². The van der Waals surface area contributed by atoms with Gasteiger partial charge in [-0.2, -0.15) is 13.2 Å². The van der Waals surface area contributed by atoms with Crippen molar-refractivity contribution in [3.8, 4) is 0 Å². The van der Waals surface area contributed by atoms with Crippen LogP contribution in [0.25, 0.3) is 0 Å². The number of rotatable bonds is 0. The third kappa shape index (κ3) is 1.56. The number of halogens is 3. The van der Waals surface area contributed by atoms with E-state index in [-0.39, 0.29) is 0 Å². The number of H-pyrrole nitrogens is 1. The van der Waals surface area contributed by atoms with Crippen LogP contribution in [0.1, 0.15) is 17.0 Å². The molecular formula is C8H9F3N2. The number of aromatic nitrogens is 1. The molecule has 1 aliphatic rings. The fourth-order valence-electron chi connectivity index (χ4n) is 1.51. The molecule has 0 aliphatic carbocycles. The first-order chi connectivity index (χ1) is 6.07. The Labute approximate surface area is 73.1 Å². The maximum absolute atomic E-state index is 12.2. The lowest BCUT2D eigenvalue weighted by Gasteiger charge is -2.11. The molecule has 1 aliphatic heterocycles. The minimum atomic E-state index is -4.25. The highest BCUT2D eigenvalue weighted by molar-refractivity contribution is 5.29.